The molecule has 106 valence electrons. The fourth-order valence-corrected chi connectivity index (χ4v) is 3.55. The highest BCUT2D eigenvalue weighted by Gasteiger charge is 2.30. The van der Waals surface area contributed by atoms with Crippen LogP contribution in [0, 0.1) is 0 Å². The van der Waals surface area contributed by atoms with Crippen LogP contribution in [0.2, 0.25) is 0 Å². The topological polar surface area (TPSA) is 18.5 Å². The molecule has 2 saturated heterocycles. The van der Waals surface area contributed by atoms with E-state index < -0.39 is 0 Å². The van der Waals surface area contributed by atoms with Crippen molar-refractivity contribution in [2.24, 2.45) is 0 Å². The standard InChI is InChI=1S/C15H31N3/c1-4-8-17-9-6-15(7-10-17)18-11-5-14(12-18)16-13(2)3/h13-16H,4-12H2,1-3H3. The summed E-state index contributed by atoms with van der Waals surface area (Å²) in [4.78, 5) is 5.37. The van der Waals surface area contributed by atoms with Gasteiger partial charge in [-0.1, -0.05) is 20.8 Å². The van der Waals surface area contributed by atoms with Crippen LogP contribution in [0.25, 0.3) is 0 Å². The van der Waals surface area contributed by atoms with Gasteiger partial charge in [-0.25, -0.2) is 0 Å². The van der Waals surface area contributed by atoms with E-state index in [9.17, 15) is 0 Å². The summed E-state index contributed by atoms with van der Waals surface area (Å²) in [5.41, 5.74) is 0. The Bertz CT molecular complexity index is 234. The Morgan fingerprint density at radius 1 is 1.11 bits per heavy atom. The maximum atomic E-state index is 3.69. The third-order valence-corrected chi connectivity index (χ3v) is 4.40. The Labute approximate surface area is 113 Å². The SMILES string of the molecule is CCCN1CCC(N2CCC(NC(C)C)C2)CC1. The lowest BCUT2D eigenvalue weighted by Crippen LogP contribution is -2.45. The molecule has 2 heterocycles. The molecule has 2 aliphatic heterocycles. The van der Waals surface area contributed by atoms with Crippen molar-refractivity contribution in [3.63, 3.8) is 0 Å². The van der Waals surface area contributed by atoms with Crippen LogP contribution in [-0.4, -0.2) is 60.6 Å². The normalized spacial score (nSPS) is 28.3. The number of nitrogens with one attached hydrogen (secondary N) is 1. The Balaban J connectivity index is 1.71. The van der Waals surface area contributed by atoms with E-state index in [-0.39, 0.29) is 0 Å². The van der Waals surface area contributed by atoms with Crippen LogP contribution < -0.4 is 5.32 Å². The number of likely N-dealkylation sites (tertiary alicyclic amines) is 2. The molecule has 0 aromatic carbocycles. The Morgan fingerprint density at radius 2 is 1.83 bits per heavy atom. The molecule has 0 aliphatic carbocycles. The molecule has 0 bridgehead atoms. The molecule has 3 heteroatoms. The van der Waals surface area contributed by atoms with Gasteiger partial charge in [0.2, 0.25) is 0 Å². The second-order valence-electron chi connectivity index (χ2n) is 6.37. The van der Waals surface area contributed by atoms with Crippen LogP contribution in [0.5, 0.6) is 0 Å². The van der Waals surface area contributed by atoms with Gasteiger partial charge in [0.15, 0.2) is 0 Å². The smallest absolute Gasteiger partial charge is 0.0209 e. The predicted octanol–water partition coefficient (Wildman–Crippen LogP) is 1.93. The highest BCUT2D eigenvalue weighted by Crippen LogP contribution is 2.21. The monoisotopic (exact) mass is 253 g/mol. The van der Waals surface area contributed by atoms with Crippen LogP contribution in [0.1, 0.15) is 46.5 Å². The van der Waals surface area contributed by atoms with E-state index in [0.717, 1.165) is 12.1 Å². The average molecular weight is 253 g/mol. The largest absolute Gasteiger partial charge is 0.310 e. The lowest BCUT2D eigenvalue weighted by Gasteiger charge is -2.36. The van der Waals surface area contributed by atoms with Crippen molar-refractivity contribution in [2.75, 3.05) is 32.7 Å². The van der Waals surface area contributed by atoms with Crippen LogP contribution >= 0.6 is 0 Å². The number of rotatable bonds is 5. The quantitative estimate of drug-likeness (QED) is 0.808. The molecule has 0 amide bonds. The van der Waals surface area contributed by atoms with Crippen molar-refractivity contribution in [1.29, 1.82) is 0 Å². The second kappa shape index (κ2) is 6.88. The molecule has 0 spiro atoms. The number of hydrogen-bond acceptors (Lipinski definition) is 3. The first-order valence-electron chi connectivity index (χ1n) is 7.91. The van der Waals surface area contributed by atoms with E-state index in [1.54, 1.807) is 0 Å². The van der Waals surface area contributed by atoms with Gasteiger partial charge in [-0.15, -0.1) is 0 Å². The van der Waals surface area contributed by atoms with Gasteiger partial charge in [0, 0.05) is 31.2 Å². The number of piperidine rings is 1. The summed E-state index contributed by atoms with van der Waals surface area (Å²) >= 11 is 0. The summed E-state index contributed by atoms with van der Waals surface area (Å²) in [7, 11) is 0. The van der Waals surface area contributed by atoms with Crippen LogP contribution in [0.4, 0.5) is 0 Å². The van der Waals surface area contributed by atoms with E-state index in [1.165, 1.54) is 58.4 Å². The van der Waals surface area contributed by atoms with Crippen molar-refractivity contribution in [2.45, 2.75) is 64.6 Å². The summed E-state index contributed by atoms with van der Waals surface area (Å²) in [6, 6.07) is 2.22. The lowest BCUT2D eigenvalue weighted by molar-refractivity contribution is 0.125. The third-order valence-electron chi connectivity index (χ3n) is 4.40. The third kappa shape index (κ3) is 3.94. The Morgan fingerprint density at radius 3 is 2.44 bits per heavy atom. The molecule has 1 atom stereocenters. The minimum Gasteiger partial charge on any atom is -0.310 e. The Hall–Kier alpha value is -0.120. The molecule has 1 N–H and O–H groups in total. The fraction of sp³-hybridized carbons (Fsp3) is 1.00. The van der Waals surface area contributed by atoms with Crippen LogP contribution in [-0.2, 0) is 0 Å². The summed E-state index contributed by atoms with van der Waals surface area (Å²) in [6.45, 7) is 13.3. The minimum atomic E-state index is 0.626. The Kier molecular flexibility index (Phi) is 5.46. The molecule has 0 radical (unpaired) electrons. The molecule has 2 rings (SSSR count). The minimum absolute atomic E-state index is 0.626. The van der Waals surface area contributed by atoms with Gasteiger partial charge in [-0.3, -0.25) is 4.90 Å². The van der Waals surface area contributed by atoms with Crippen molar-refractivity contribution in [3.05, 3.63) is 0 Å². The first-order chi connectivity index (χ1) is 8.69. The van der Waals surface area contributed by atoms with Gasteiger partial charge in [0.25, 0.3) is 0 Å². The molecule has 0 saturated carbocycles. The zero-order valence-corrected chi connectivity index (χ0v) is 12.5. The zero-order valence-electron chi connectivity index (χ0n) is 12.5. The summed E-state index contributed by atoms with van der Waals surface area (Å²) in [5.74, 6) is 0. The van der Waals surface area contributed by atoms with Crippen LogP contribution in [0.15, 0.2) is 0 Å². The molecule has 3 nitrogen and oxygen atoms in total. The fourth-order valence-electron chi connectivity index (χ4n) is 3.55. The molecule has 0 aromatic heterocycles. The van der Waals surface area contributed by atoms with Gasteiger partial charge in [0.05, 0.1) is 0 Å². The molecular weight excluding hydrogens is 222 g/mol. The molecule has 0 aromatic rings. The lowest BCUT2D eigenvalue weighted by atomic mass is 10.0. The first-order valence-corrected chi connectivity index (χ1v) is 7.91. The zero-order chi connectivity index (χ0) is 13.0. The van der Waals surface area contributed by atoms with Gasteiger partial charge in [0.1, 0.15) is 0 Å². The molecule has 2 aliphatic rings. The van der Waals surface area contributed by atoms with Crippen molar-refractivity contribution >= 4 is 0 Å². The van der Waals surface area contributed by atoms with Crippen molar-refractivity contribution in [1.82, 2.24) is 15.1 Å². The van der Waals surface area contributed by atoms with Gasteiger partial charge in [-0.2, -0.15) is 0 Å². The molecule has 1 unspecified atom stereocenters. The van der Waals surface area contributed by atoms with E-state index >= 15 is 0 Å². The van der Waals surface area contributed by atoms with E-state index in [4.69, 9.17) is 0 Å². The van der Waals surface area contributed by atoms with E-state index in [1.807, 2.05) is 0 Å². The molecular formula is C15H31N3. The highest BCUT2D eigenvalue weighted by atomic mass is 15.2. The van der Waals surface area contributed by atoms with Crippen molar-refractivity contribution < 1.29 is 0 Å². The summed E-state index contributed by atoms with van der Waals surface area (Å²) in [6.07, 6.45) is 5.41. The van der Waals surface area contributed by atoms with E-state index in [0.29, 0.717) is 6.04 Å². The van der Waals surface area contributed by atoms with Crippen LogP contribution in [0.3, 0.4) is 0 Å². The summed E-state index contributed by atoms with van der Waals surface area (Å²) < 4.78 is 0. The predicted molar refractivity (Wildman–Crippen MR) is 78.0 cm³/mol. The molecule has 18 heavy (non-hydrogen) atoms. The van der Waals surface area contributed by atoms with Gasteiger partial charge in [-0.05, 0) is 45.3 Å². The van der Waals surface area contributed by atoms with E-state index in [2.05, 4.69) is 35.9 Å². The maximum Gasteiger partial charge on any atom is 0.0209 e. The van der Waals surface area contributed by atoms with Gasteiger partial charge < -0.3 is 10.2 Å². The van der Waals surface area contributed by atoms with Gasteiger partial charge >= 0.3 is 0 Å². The second-order valence-corrected chi connectivity index (χ2v) is 6.37. The number of nitrogens with zero attached hydrogens (tertiary/aromatic N) is 2. The van der Waals surface area contributed by atoms with Crippen molar-refractivity contribution in [3.8, 4) is 0 Å². The molecule has 2 fully saturated rings. The highest BCUT2D eigenvalue weighted by molar-refractivity contribution is 4.88. The number of hydrogen-bond donors (Lipinski definition) is 1. The first kappa shape index (κ1) is 14.3. The average Bonchev–Trinajstić information content (AvgIpc) is 2.78. The summed E-state index contributed by atoms with van der Waals surface area (Å²) in [5, 5.41) is 3.69. The maximum absolute atomic E-state index is 3.69.